The molecule has 0 saturated heterocycles. The molecule has 18 heavy (non-hydrogen) atoms. The summed E-state index contributed by atoms with van der Waals surface area (Å²) in [5, 5.41) is 14.7. The first-order valence-electron chi connectivity index (χ1n) is 6.13. The van der Waals surface area contributed by atoms with E-state index < -0.39 is 0 Å². The Bertz CT molecular complexity index is 517. The van der Waals surface area contributed by atoms with E-state index in [2.05, 4.69) is 26.7 Å². The lowest BCUT2D eigenvalue weighted by molar-refractivity contribution is 0.284. The Morgan fingerprint density at radius 3 is 2.89 bits per heavy atom. The SMILES string of the molecule is Cc1nc(N(Cc2ccsc2)C2CC2)sc1CO. The molecule has 0 aliphatic heterocycles. The van der Waals surface area contributed by atoms with Gasteiger partial charge in [0.05, 0.1) is 17.2 Å². The van der Waals surface area contributed by atoms with Gasteiger partial charge in [-0.25, -0.2) is 4.98 Å². The van der Waals surface area contributed by atoms with Crippen LogP contribution in [0.1, 0.15) is 29.0 Å². The van der Waals surface area contributed by atoms with Crippen LogP contribution in [0.5, 0.6) is 0 Å². The Morgan fingerprint density at radius 1 is 1.50 bits per heavy atom. The number of aromatic nitrogens is 1. The average Bonchev–Trinajstić information content (AvgIpc) is 2.94. The van der Waals surface area contributed by atoms with Crippen LogP contribution in [0, 0.1) is 6.92 Å². The Balaban J connectivity index is 1.84. The van der Waals surface area contributed by atoms with Crippen molar-refractivity contribution in [2.24, 2.45) is 0 Å². The minimum absolute atomic E-state index is 0.0977. The Kier molecular flexibility index (Phi) is 3.37. The first kappa shape index (κ1) is 12.1. The van der Waals surface area contributed by atoms with Crippen molar-refractivity contribution in [1.82, 2.24) is 4.98 Å². The average molecular weight is 280 g/mol. The highest BCUT2D eigenvalue weighted by atomic mass is 32.1. The lowest BCUT2D eigenvalue weighted by Gasteiger charge is -2.20. The maximum absolute atomic E-state index is 9.28. The zero-order valence-electron chi connectivity index (χ0n) is 10.3. The lowest BCUT2D eigenvalue weighted by Crippen LogP contribution is -2.24. The number of hydrogen-bond acceptors (Lipinski definition) is 5. The molecule has 5 heteroatoms. The highest BCUT2D eigenvalue weighted by Crippen LogP contribution is 2.36. The third-order valence-electron chi connectivity index (χ3n) is 3.19. The molecule has 3 nitrogen and oxygen atoms in total. The van der Waals surface area contributed by atoms with E-state index in [0.717, 1.165) is 22.2 Å². The van der Waals surface area contributed by atoms with Crippen molar-refractivity contribution in [3.8, 4) is 0 Å². The first-order chi connectivity index (χ1) is 8.78. The number of thiazole rings is 1. The Morgan fingerprint density at radius 2 is 2.33 bits per heavy atom. The first-order valence-corrected chi connectivity index (χ1v) is 7.88. The van der Waals surface area contributed by atoms with Crippen molar-refractivity contribution < 1.29 is 5.11 Å². The van der Waals surface area contributed by atoms with Gasteiger partial charge in [0.2, 0.25) is 0 Å². The van der Waals surface area contributed by atoms with Crippen molar-refractivity contribution in [1.29, 1.82) is 0 Å². The van der Waals surface area contributed by atoms with Crippen LogP contribution in [0.25, 0.3) is 0 Å². The fourth-order valence-corrected chi connectivity index (χ4v) is 3.65. The third-order valence-corrected chi connectivity index (χ3v) is 5.10. The van der Waals surface area contributed by atoms with E-state index >= 15 is 0 Å². The second kappa shape index (κ2) is 4.99. The van der Waals surface area contributed by atoms with Crippen LogP contribution < -0.4 is 4.90 Å². The molecule has 96 valence electrons. The van der Waals surface area contributed by atoms with Crippen LogP contribution in [0.3, 0.4) is 0 Å². The summed E-state index contributed by atoms with van der Waals surface area (Å²) >= 11 is 3.36. The van der Waals surface area contributed by atoms with Crippen LogP contribution in [0.15, 0.2) is 16.8 Å². The van der Waals surface area contributed by atoms with E-state index in [-0.39, 0.29) is 6.61 Å². The molecule has 0 bridgehead atoms. The standard InChI is InChI=1S/C13H16N2OS2/c1-9-12(7-16)18-13(14-9)15(11-2-3-11)6-10-4-5-17-8-10/h4-5,8,11,16H,2-3,6-7H2,1H3. The monoisotopic (exact) mass is 280 g/mol. The number of aryl methyl sites for hydroxylation is 1. The third kappa shape index (κ3) is 2.43. The smallest absolute Gasteiger partial charge is 0.186 e. The van der Waals surface area contributed by atoms with Gasteiger partial charge >= 0.3 is 0 Å². The zero-order chi connectivity index (χ0) is 12.5. The van der Waals surface area contributed by atoms with Crippen LogP contribution in [0.4, 0.5) is 5.13 Å². The minimum atomic E-state index is 0.0977. The van der Waals surface area contributed by atoms with Gasteiger partial charge in [-0.05, 0) is 42.2 Å². The molecule has 1 aliphatic rings. The number of aliphatic hydroxyl groups is 1. The van der Waals surface area contributed by atoms with Gasteiger partial charge in [0, 0.05) is 12.6 Å². The van der Waals surface area contributed by atoms with Gasteiger partial charge in [-0.3, -0.25) is 0 Å². The van der Waals surface area contributed by atoms with Gasteiger partial charge in [-0.2, -0.15) is 11.3 Å². The van der Waals surface area contributed by atoms with Crippen LogP contribution >= 0.6 is 22.7 Å². The second-order valence-electron chi connectivity index (χ2n) is 4.65. The maximum atomic E-state index is 9.28. The molecule has 0 unspecified atom stereocenters. The maximum Gasteiger partial charge on any atom is 0.186 e. The molecule has 0 spiro atoms. The van der Waals surface area contributed by atoms with Crippen molar-refractivity contribution in [2.75, 3.05) is 4.90 Å². The summed E-state index contributed by atoms with van der Waals surface area (Å²) in [5.74, 6) is 0. The number of aliphatic hydroxyl groups excluding tert-OH is 1. The van der Waals surface area contributed by atoms with Gasteiger partial charge in [0.1, 0.15) is 0 Å². The van der Waals surface area contributed by atoms with Crippen LogP contribution in [-0.2, 0) is 13.2 Å². The predicted molar refractivity (Wildman–Crippen MR) is 76.3 cm³/mol. The topological polar surface area (TPSA) is 36.4 Å². The summed E-state index contributed by atoms with van der Waals surface area (Å²) in [6, 6.07) is 2.81. The molecule has 0 aromatic carbocycles. The quantitative estimate of drug-likeness (QED) is 0.914. The van der Waals surface area contributed by atoms with Gasteiger partial charge < -0.3 is 10.0 Å². The van der Waals surface area contributed by atoms with E-state index in [4.69, 9.17) is 0 Å². The van der Waals surface area contributed by atoms with Gasteiger partial charge in [-0.1, -0.05) is 11.3 Å². The summed E-state index contributed by atoms with van der Waals surface area (Å²) < 4.78 is 0. The van der Waals surface area contributed by atoms with E-state index in [9.17, 15) is 5.11 Å². The number of hydrogen-bond donors (Lipinski definition) is 1. The number of anilines is 1. The van der Waals surface area contributed by atoms with Crippen LogP contribution in [0.2, 0.25) is 0 Å². The predicted octanol–water partition coefficient (Wildman–Crippen LogP) is 3.17. The zero-order valence-corrected chi connectivity index (χ0v) is 11.9. The summed E-state index contributed by atoms with van der Waals surface area (Å²) in [5.41, 5.74) is 2.32. The minimum Gasteiger partial charge on any atom is -0.391 e. The number of thiophene rings is 1. The highest BCUT2D eigenvalue weighted by Gasteiger charge is 2.31. The molecule has 3 rings (SSSR count). The second-order valence-corrected chi connectivity index (χ2v) is 6.50. The largest absolute Gasteiger partial charge is 0.391 e. The van der Waals surface area contributed by atoms with Gasteiger partial charge in [-0.15, -0.1) is 0 Å². The fourth-order valence-electron chi connectivity index (χ4n) is 2.00. The Labute approximate surface area is 115 Å². The summed E-state index contributed by atoms with van der Waals surface area (Å²) in [4.78, 5) is 7.99. The molecular weight excluding hydrogens is 264 g/mol. The molecule has 1 saturated carbocycles. The van der Waals surface area contributed by atoms with Crippen LogP contribution in [-0.4, -0.2) is 16.1 Å². The molecule has 1 fully saturated rings. The molecular formula is C13H16N2OS2. The highest BCUT2D eigenvalue weighted by molar-refractivity contribution is 7.15. The molecule has 2 aromatic heterocycles. The summed E-state index contributed by atoms with van der Waals surface area (Å²) in [7, 11) is 0. The molecule has 1 N–H and O–H groups in total. The molecule has 0 radical (unpaired) electrons. The number of rotatable bonds is 5. The van der Waals surface area contributed by atoms with E-state index in [0.29, 0.717) is 6.04 Å². The van der Waals surface area contributed by atoms with Crippen molar-refractivity contribution in [3.05, 3.63) is 33.0 Å². The molecule has 2 heterocycles. The van der Waals surface area contributed by atoms with Gasteiger partial charge in [0.15, 0.2) is 5.13 Å². The summed E-state index contributed by atoms with van der Waals surface area (Å²) in [6.45, 7) is 3.01. The number of nitrogens with zero attached hydrogens (tertiary/aromatic N) is 2. The van der Waals surface area contributed by atoms with Crippen molar-refractivity contribution in [3.63, 3.8) is 0 Å². The van der Waals surface area contributed by atoms with E-state index in [1.807, 2.05) is 6.92 Å². The fraction of sp³-hybridized carbons (Fsp3) is 0.462. The van der Waals surface area contributed by atoms with Crippen molar-refractivity contribution >= 4 is 27.8 Å². The van der Waals surface area contributed by atoms with E-state index in [1.165, 1.54) is 18.4 Å². The van der Waals surface area contributed by atoms with E-state index in [1.54, 1.807) is 22.7 Å². The molecule has 1 aliphatic carbocycles. The molecule has 2 aromatic rings. The van der Waals surface area contributed by atoms with Gasteiger partial charge in [0.25, 0.3) is 0 Å². The van der Waals surface area contributed by atoms with Crippen molar-refractivity contribution in [2.45, 2.75) is 39.0 Å². The lowest BCUT2D eigenvalue weighted by atomic mass is 10.3. The normalized spacial score (nSPS) is 15.0. The summed E-state index contributed by atoms with van der Waals surface area (Å²) in [6.07, 6.45) is 2.52. The molecule has 0 amide bonds. The Hall–Kier alpha value is -0.910. The molecule has 0 atom stereocenters.